The Morgan fingerprint density at radius 3 is 2.58 bits per heavy atom. The summed E-state index contributed by atoms with van der Waals surface area (Å²) in [5.41, 5.74) is 4.52. The maximum atomic E-state index is 2.41. The Kier molecular flexibility index (Phi) is 2.74. The van der Waals surface area contributed by atoms with E-state index in [1.54, 1.807) is 0 Å². The maximum absolute atomic E-state index is 2.41. The molecule has 0 bridgehead atoms. The summed E-state index contributed by atoms with van der Waals surface area (Å²) >= 11 is 4.82. The van der Waals surface area contributed by atoms with Gasteiger partial charge in [0.2, 0.25) is 0 Å². The van der Waals surface area contributed by atoms with Crippen molar-refractivity contribution in [1.82, 2.24) is 0 Å². The fourth-order valence-corrected chi connectivity index (χ4v) is 2.74. The second-order valence-corrected chi connectivity index (χ2v) is 7.12. The maximum Gasteiger partial charge on any atom is 0.0552 e. The van der Waals surface area contributed by atoms with Crippen molar-refractivity contribution >= 4 is 50.8 Å². The molecule has 2 rings (SSSR count). The summed E-state index contributed by atoms with van der Waals surface area (Å²) in [4.78, 5) is 0. The monoisotopic (exact) mass is 382 g/mol. The number of hydrogen-bond acceptors (Lipinski definition) is 0. The first-order valence-corrected chi connectivity index (χ1v) is 6.07. The summed E-state index contributed by atoms with van der Waals surface area (Å²) in [6, 6.07) is 8.72. The van der Waals surface area contributed by atoms with Gasteiger partial charge in [0.15, 0.2) is 0 Å². The molecule has 0 saturated heterocycles. The number of benzene rings is 1. The van der Waals surface area contributed by atoms with Crippen molar-refractivity contribution in [2.45, 2.75) is 12.8 Å². The first kappa shape index (κ1) is 8.99. The number of rotatable bonds is 0. The lowest BCUT2D eigenvalue weighted by Crippen LogP contribution is -1.78. The minimum atomic E-state index is 1.22. The predicted molar refractivity (Wildman–Crippen MR) is 69.7 cm³/mol. The highest BCUT2D eigenvalue weighted by molar-refractivity contribution is 14.2. The van der Waals surface area contributed by atoms with Gasteiger partial charge in [-0.3, -0.25) is 0 Å². The average molecular weight is 382 g/mol. The molecule has 2 heteroatoms. The van der Waals surface area contributed by atoms with E-state index in [2.05, 4.69) is 69.4 Å². The summed E-state index contributed by atoms with van der Waals surface area (Å²) in [5.74, 6) is 0. The van der Waals surface area contributed by atoms with Crippen molar-refractivity contribution in [2.24, 2.45) is 0 Å². The topological polar surface area (TPSA) is 0 Å². The molecule has 12 heavy (non-hydrogen) atoms. The first-order chi connectivity index (χ1) is 5.79. The normalized spacial score (nSPS) is 14.7. The van der Waals surface area contributed by atoms with Gasteiger partial charge in [-0.25, -0.2) is 0 Å². The molecule has 0 atom stereocenters. The number of allylic oxidation sites excluding steroid dienone is 1. The van der Waals surface area contributed by atoms with E-state index in [0.29, 0.717) is 0 Å². The third-order valence-corrected chi connectivity index (χ3v) is 3.52. The molecule has 0 unspecified atom stereocenters. The van der Waals surface area contributed by atoms with Crippen LogP contribution < -0.4 is 0 Å². The Balaban J connectivity index is 2.57. The number of hydrogen-bond donors (Lipinski definition) is 0. The van der Waals surface area contributed by atoms with Crippen LogP contribution >= 0.6 is 45.2 Å². The number of halogens is 2. The molecule has 0 heterocycles. The predicted octanol–water partition coefficient (Wildman–Crippen LogP) is 4.17. The summed E-state index contributed by atoms with van der Waals surface area (Å²) in [7, 11) is 0. The molecule has 0 saturated carbocycles. The van der Waals surface area contributed by atoms with Crippen LogP contribution in [-0.4, -0.2) is 0 Å². The minimum Gasteiger partial charge on any atom is -0.0620 e. The van der Waals surface area contributed by atoms with E-state index in [9.17, 15) is 0 Å². The molecule has 62 valence electrons. The van der Waals surface area contributed by atoms with Gasteiger partial charge >= 0.3 is 0 Å². The van der Waals surface area contributed by atoms with E-state index in [0.717, 1.165) is 0 Å². The Bertz CT molecular complexity index is 335. The lowest BCUT2D eigenvalue weighted by Gasteiger charge is -1.99. The fourth-order valence-electron chi connectivity index (χ4n) is 1.62. The fraction of sp³-hybridized carbons (Fsp3) is 0.200. The highest BCUT2D eigenvalue weighted by Crippen LogP contribution is 2.38. The van der Waals surface area contributed by atoms with Crippen LogP contribution in [0.2, 0.25) is 0 Å². The summed E-state index contributed by atoms with van der Waals surface area (Å²) in [5, 5.41) is 0. The molecule has 0 aliphatic heterocycles. The van der Waals surface area contributed by atoms with Crippen LogP contribution in [0, 0.1) is 0 Å². The number of fused-ring (bicyclic) bond motifs is 1. The number of aryl methyl sites for hydroxylation is 1. The van der Waals surface area contributed by atoms with Crippen molar-refractivity contribution in [2.75, 3.05) is 0 Å². The molecule has 0 radical (unpaired) electrons. The van der Waals surface area contributed by atoms with Gasteiger partial charge in [0.05, 0.1) is 1.59 Å². The molecule has 0 spiro atoms. The van der Waals surface area contributed by atoms with Gasteiger partial charge in [-0.2, -0.15) is 0 Å². The van der Waals surface area contributed by atoms with Crippen molar-refractivity contribution in [3.05, 3.63) is 37.0 Å². The molecule has 1 aliphatic carbocycles. The Labute approximate surface area is 99.7 Å². The molecule has 0 aromatic heterocycles. The van der Waals surface area contributed by atoms with Crippen LogP contribution in [0.3, 0.4) is 0 Å². The quantitative estimate of drug-likeness (QED) is 0.591. The van der Waals surface area contributed by atoms with Crippen LogP contribution in [-0.2, 0) is 6.42 Å². The van der Waals surface area contributed by atoms with E-state index in [1.165, 1.54) is 31.1 Å². The zero-order valence-corrected chi connectivity index (χ0v) is 10.8. The van der Waals surface area contributed by atoms with E-state index in [4.69, 9.17) is 0 Å². The third-order valence-electron chi connectivity index (χ3n) is 2.21. The van der Waals surface area contributed by atoms with Crippen LogP contribution in [0.5, 0.6) is 0 Å². The highest BCUT2D eigenvalue weighted by Gasteiger charge is 2.16. The molecule has 0 N–H and O–H groups in total. The molecular formula is C10H8I2. The standard InChI is InChI=1S/C10H8I2/c11-10(12)9-6-5-7-3-1-2-4-8(7)9/h1-4H,5-6H2. The summed E-state index contributed by atoms with van der Waals surface area (Å²) in [6.45, 7) is 0. The smallest absolute Gasteiger partial charge is 0.0552 e. The Morgan fingerprint density at radius 1 is 1.08 bits per heavy atom. The van der Waals surface area contributed by atoms with Crippen molar-refractivity contribution in [1.29, 1.82) is 0 Å². The highest BCUT2D eigenvalue weighted by atomic mass is 127. The van der Waals surface area contributed by atoms with Gasteiger partial charge in [-0.15, -0.1) is 0 Å². The van der Waals surface area contributed by atoms with Gasteiger partial charge < -0.3 is 0 Å². The third kappa shape index (κ3) is 1.55. The van der Waals surface area contributed by atoms with Crippen molar-refractivity contribution in [3.8, 4) is 0 Å². The second-order valence-electron chi connectivity index (χ2n) is 2.90. The lowest BCUT2D eigenvalue weighted by molar-refractivity contribution is 1.08. The van der Waals surface area contributed by atoms with Gasteiger partial charge in [-0.1, -0.05) is 24.3 Å². The zero-order chi connectivity index (χ0) is 8.55. The van der Waals surface area contributed by atoms with Crippen LogP contribution in [0.25, 0.3) is 5.57 Å². The summed E-state index contributed by atoms with van der Waals surface area (Å²) in [6.07, 6.45) is 2.45. The molecule has 0 nitrogen and oxygen atoms in total. The van der Waals surface area contributed by atoms with Crippen molar-refractivity contribution < 1.29 is 0 Å². The molecule has 1 aromatic rings. The SMILES string of the molecule is IC(I)=C1CCc2ccccc21. The van der Waals surface area contributed by atoms with Crippen LogP contribution in [0.1, 0.15) is 17.5 Å². The zero-order valence-electron chi connectivity index (χ0n) is 6.48. The molecule has 0 amide bonds. The van der Waals surface area contributed by atoms with Crippen molar-refractivity contribution in [3.63, 3.8) is 0 Å². The van der Waals surface area contributed by atoms with Gasteiger partial charge in [0, 0.05) is 0 Å². The largest absolute Gasteiger partial charge is 0.0620 e. The second kappa shape index (κ2) is 3.65. The lowest BCUT2D eigenvalue weighted by atomic mass is 10.1. The van der Waals surface area contributed by atoms with E-state index >= 15 is 0 Å². The van der Waals surface area contributed by atoms with Gasteiger partial charge in [0.1, 0.15) is 0 Å². The average Bonchev–Trinajstić information content (AvgIpc) is 2.47. The van der Waals surface area contributed by atoms with E-state index in [-0.39, 0.29) is 0 Å². The van der Waals surface area contributed by atoms with E-state index in [1.807, 2.05) is 0 Å². The Morgan fingerprint density at radius 2 is 1.83 bits per heavy atom. The molecule has 1 aliphatic rings. The van der Waals surface area contributed by atoms with Gasteiger partial charge in [0.25, 0.3) is 0 Å². The molecule has 1 aromatic carbocycles. The van der Waals surface area contributed by atoms with Crippen LogP contribution in [0.15, 0.2) is 25.9 Å². The van der Waals surface area contributed by atoms with Gasteiger partial charge in [-0.05, 0) is 74.7 Å². The Hall–Kier alpha value is 0.420. The van der Waals surface area contributed by atoms with E-state index < -0.39 is 0 Å². The molecular weight excluding hydrogens is 374 g/mol. The summed E-state index contributed by atoms with van der Waals surface area (Å²) < 4.78 is 1.41. The first-order valence-electron chi connectivity index (χ1n) is 3.91. The minimum absolute atomic E-state index is 1.22. The van der Waals surface area contributed by atoms with Crippen LogP contribution in [0.4, 0.5) is 0 Å². The molecule has 0 fully saturated rings.